The number of unbranched alkanes of at least 4 members (excludes halogenated alkanes) is 4. The Bertz CT molecular complexity index is 500. The van der Waals surface area contributed by atoms with E-state index in [0.717, 1.165) is 38.0 Å². The summed E-state index contributed by atoms with van der Waals surface area (Å²) in [5.41, 5.74) is 1.06. The molecule has 1 fully saturated rings. The van der Waals surface area contributed by atoms with Crippen LogP contribution < -0.4 is 10.1 Å². The molecule has 1 unspecified atom stereocenters. The third-order valence-corrected chi connectivity index (χ3v) is 4.86. The first-order valence-electron chi connectivity index (χ1n) is 9.34. The summed E-state index contributed by atoms with van der Waals surface area (Å²) in [5.74, 6) is 0.942. The van der Waals surface area contributed by atoms with Crippen molar-refractivity contribution in [2.45, 2.75) is 70.8 Å². The van der Waals surface area contributed by atoms with Crippen molar-refractivity contribution in [3.05, 3.63) is 29.8 Å². The third kappa shape index (κ3) is 5.73. The van der Waals surface area contributed by atoms with E-state index in [1.807, 2.05) is 12.1 Å². The van der Waals surface area contributed by atoms with Gasteiger partial charge < -0.3 is 14.8 Å². The van der Waals surface area contributed by atoms with Crippen molar-refractivity contribution < 1.29 is 14.3 Å². The number of aryl methyl sites for hydroxylation is 1. The Balaban J connectivity index is 1.71. The number of carbonyl (C=O) groups excluding carboxylic acids is 1. The lowest BCUT2D eigenvalue weighted by molar-refractivity contribution is 0.170. The molecule has 4 nitrogen and oxygen atoms in total. The number of hydrogen-bond donors (Lipinski definition) is 1. The third-order valence-electron chi connectivity index (χ3n) is 4.86. The largest absolute Gasteiger partial charge is 0.494 e. The van der Waals surface area contributed by atoms with Crippen LogP contribution in [0.4, 0.5) is 4.79 Å². The van der Waals surface area contributed by atoms with E-state index in [1.165, 1.54) is 31.2 Å². The second-order valence-corrected chi connectivity index (χ2v) is 6.74. The van der Waals surface area contributed by atoms with Gasteiger partial charge in [0, 0.05) is 0 Å². The lowest BCUT2D eigenvalue weighted by Gasteiger charge is -2.24. The fourth-order valence-corrected chi connectivity index (χ4v) is 3.03. The highest BCUT2D eigenvalue weighted by Gasteiger charge is 2.37. The van der Waals surface area contributed by atoms with Crippen LogP contribution in [0.1, 0.15) is 64.4 Å². The standard InChI is InChI=1S/C20H31NO3/c1-3-5-6-7-8-15-23-18-11-9-17(10-12-18)13-14-20(4-2)16-24-19(22)21-20/h9-12H,3-8,13-16H2,1-2H3,(H,21,22). The van der Waals surface area contributed by atoms with Crippen LogP contribution in [0.15, 0.2) is 24.3 Å². The molecule has 1 amide bonds. The number of cyclic esters (lactones) is 1. The molecule has 1 heterocycles. The highest BCUT2D eigenvalue weighted by atomic mass is 16.6. The fraction of sp³-hybridized carbons (Fsp3) is 0.650. The van der Waals surface area contributed by atoms with E-state index in [4.69, 9.17) is 9.47 Å². The van der Waals surface area contributed by atoms with Gasteiger partial charge in [0.25, 0.3) is 0 Å². The average Bonchev–Trinajstić information content (AvgIpc) is 2.99. The van der Waals surface area contributed by atoms with Gasteiger partial charge in [-0.25, -0.2) is 4.79 Å². The average molecular weight is 333 g/mol. The molecule has 0 spiro atoms. The van der Waals surface area contributed by atoms with E-state index in [0.29, 0.717) is 6.61 Å². The summed E-state index contributed by atoms with van der Waals surface area (Å²) in [7, 11) is 0. The smallest absolute Gasteiger partial charge is 0.407 e. The maximum atomic E-state index is 11.3. The zero-order valence-corrected chi connectivity index (χ0v) is 15.1. The molecular formula is C20H31NO3. The van der Waals surface area contributed by atoms with E-state index in [2.05, 4.69) is 31.3 Å². The van der Waals surface area contributed by atoms with Crippen molar-refractivity contribution in [2.24, 2.45) is 0 Å². The number of amides is 1. The van der Waals surface area contributed by atoms with Crippen molar-refractivity contribution in [1.82, 2.24) is 5.32 Å². The Hall–Kier alpha value is -1.71. The van der Waals surface area contributed by atoms with E-state index in [1.54, 1.807) is 0 Å². The number of rotatable bonds is 11. The molecule has 0 bridgehead atoms. The zero-order valence-electron chi connectivity index (χ0n) is 15.1. The molecule has 2 rings (SSSR count). The van der Waals surface area contributed by atoms with Gasteiger partial charge in [0.05, 0.1) is 12.1 Å². The number of benzene rings is 1. The van der Waals surface area contributed by atoms with Crippen LogP contribution >= 0.6 is 0 Å². The minimum atomic E-state index is -0.292. The quantitative estimate of drug-likeness (QED) is 0.588. The van der Waals surface area contributed by atoms with Gasteiger partial charge >= 0.3 is 6.09 Å². The zero-order chi connectivity index (χ0) is 17.3. The van der Waals surface area contributed by atoms with Crippen molar-refractivity contribution >= 4 is 6.09 Å². The predicted molar refractivity (Wildman–Crippen MR) is 96.5 cm³/mol. The summed E-state index contributed by atoms with van der Waals surface area (Å²) in [5, 5.41) is 2.96. The van der Waals surface area contributed by atoms with Gasteiger partial charge in [-0.1, -0.05) is 51.7 Å². The van der Waals surface area contributed by atoms with E-state index in [-0.39, 0.29) is 11.6 Å². The van der Waals surface area contributed by atoms with Crippen LogP contribution in [0.5, 0.6) is 5.75 Å². The second-order valence-electron chi connectivity index (χ2n) is 6.74. The number of carbonyl (C=O) groups is 1. The molecule has 0 aromatic heterocycles. The van der Waals surface area contributed by atoms with Crippen molar-refractivity contribution in [3.8, 4) is 5.75 Å². The van der Waals surface area contributed by atoms with Gasteiger partial charge in [-0.3, -0.25) is 0 Å². The molecule has 0 saturated carbocycles. The molecule has 134 valence electrons. The van der Waals surface area contributed by atoms with Crippen LogP contribution in [0.3, 0.4) is 0 Å². The molecule has 1 saturated heterocycles. The van der Waals surface area contributed by atoms with E-state index in [9.17, 15) is 4.79 Å². The van der Waals surface area contributed by atoms with E-state index < -0.39 is 0 Å². The summed E-state index contributed by atoms with van der Waals surface area (Å²) < 4.78 is 10.9. The molecule has 1 aromatic rings. The lowest BCUT2D eigenvalue weighted by Crippen LogP contribution is -2.43. The summed E-state index contributed by atoms with van der Waals surface area (Å²) in [6, 6.07) is 8.33. The Kier molecular flexibility index (Phi) is 7.41. The summed E-state index contributed by atoms with van der Waals surface area (Å²) in [6.07, 6.45) is 8.69. The predicted octanol–water partition coefficient (Wildman–Crippen LogP) is 4.86. The molecular weight excluding hydrogens is 302 g/mol. The molecule has 1 N–H and O–H groups in total. The van der Waals surface area contributed by atoms with E-state index >= 15 is 0 Å². The minimum absolute atomic E-state index is 0.204. The highest BCUT2D eigenvalue weighted by molar-refractivity contribution is 5.70. The fourth-order valence-electron chi connectivity index (χ4n) is 3.03. The molecule has 1 aliphatic heterocycles. The van der Waals surface area contributed by atoms with Crippen molar-refractivity contribution in [3.63, 3.8) is 0 Å². The molecule has 24 heavy (non-hydrogen) atoms. The monoisotopic (exact) mass is 333 g/mol. The molecule has 1 aliphatic rings. The second kappa shape index (κ2) is 9.55. The van der Waals surface area contributed by atoms with Gasteiger partial charge in [0.2, 0.25) is 0 Å². The first-order valence-corrected chi connectivity index (χ1v) is 9.34. The summed E-state index contributed by atoms with van der Waals surface area (Å²) in [4.78, 5) is 11.3. The normalized spacial score (nSPS) is 19.8. The van der Waals surface area contributed by atoms with Gasteiger partial charge in [0.1, 0.15) is 12.4 Å². The molecule has 0 aliphatic carbocycles. The van der Waals surface area contributed by atoms with Gasteiger partial charge in [0.15, 0.2) is 0 Å². The maximum Gasteiger partial charge on any atom is 0.407 e. The van der Waals surface area contributed by atoms with Gasteiger partial charge in [-0.05, 0) is 43.4 Å². The first-order chi connectivity index (χ1) is 11.7. The summed E-state index contributed by atoms with van der Waals surface area (Å²) in [6.45, 7) is 5.59. The maximum absolute atomic E-state index is 11.3. The Morgan fingerprint density at radius 2 is 1.88 bits per heavy atom. The Labute approximate surface area is 145 Å². The van der Waals surface area contributed by atoms with Crippen LogP contribution in [0.2, 0.25) is 0 Å². The van der Waals surface area contributed by atoms with Crippen LogP contribution in [0.25, 0.3) is 0 Å². The molecule has 1 atom stereocenters. The number of alkyl carbamates (subject to hydrolysis) is 1. The van der Waals surface area contributed by atoms with Crippen LogP contribution in [-0.4, -0.2) is 24.8 Å². The number of ether oxygens (including phenoxy) is 2. The van der Waals surface area contributed by atoms with Gasteiger partial charge in [-0.2, -0.15) is 0 Å². The highest BCUT2D eigenvalue weighted by Crippen LogP contribution is 2.24. The molecule has 4 heteroatoms. The lowest BCUT2D eigenvalue weighted by atomic mass is 9.90. The van der Waals surface area contributed by atoms with Crippen molar-refractivity contribution in [1.29, 1.82) is 0 Å². The topological polar surface area (TPSA) is 47.6 Å². The first kappa shape index (κ1) is 18.6. The van der Waals surface area contributed by atoms with Gasteiger partial charge in [-0.15, -0.1) is 0 Å². The minimum Gasteiger partial charge on any atom is -0.494 e. The SMILES string of the molecule is CCCCCCCOc1ccc(CCC2(CC)COC(=O)N2)cc1. The molecule has 0 radical (unpaired) electrons. The molecule has 1 aromatic carbocycles. The Morgan fingerprint density at radius 1 is 1.12 bits per heavy atom. The summed E-state index contributed by atoms with van der Waals surface area (Å²) >= 11 is 0. The Morgan fingerprint density at radius 3 is 2.50 bits per heavy atom. The van der Waals surface area contributed by atoms with Crippen molar-refractivity contribution in [2.75, 3.05) is 13.2 Å². The number of hydrogen-bond acceptors (Lipinski definition) is 3. The number of nitrogens with one attached hydrogen (secondary N) is 1. The van der Waals surface area contributed by atoms with Crippen LogP contribution in [-0.2, 0) is 11.2 Å². The van der Waals surface area contributed by atoms with Crippen LogP contribution in [0, 0.1) is 0 Å².